The van der Waals surface area contributed by atoms with E-state index in [1.165, 1.54) is 0 Å². The van der Waals surface area contributed by atoms with Gasteiger partial charge >= 0.3 is 18.1 Å². The molecule has 0 heterocycles. The average Bonchev–Trinajstić information content (AvgIpc) is 2.75. The van der Waals surface area contributed by atoms with Crippen LogP contribution in [0, 0.1) is 17.3 Å². The van der Waals surface area contributed by atoms with Crippen molar-refractivity contribution in [3.8, 4) is 0 Å². The third-order valence-electron chi connectivity index (χ3n) is 3.06. The predicted molar refractivity (Wildman–Crippen MR) is 54.6 cm³/mol. The number of esters is 1. The minimum absolute atomic E-state index is 0.706. The zero-order chi connectivity index (χ0) is 15.0. The Morgan fingerprint density at radius 1 is 1.37 bits per heavy atom. The van der Waals surface area contributed by atoms with Gasteiger partial charge in [0.2, 0.25) is 5.83 Å². The first-order valence-electron chi connectivity index (χ1n) is 5.31. The Kier molecular flexibility index (Phi) is 3.92. The van der Waals surface area contributed by atoms with E-state index in [0.717, 1.165) is 0 Å². The van der Waals surface area contributed by atoms with E-state index in [1.54, 1.807) is 13.8 Å². The van der Waals surface area contributed by atoms with Crippen molar-refractivity contribution in [1.29, 1.82) is 0 Å². The van der Waals surface area contributed by atoms with Crippen LogP contribution in [0.3, 0.4) is 0 Å². The summed E-state index contributed by atoms with van der Waals surface area (Å²) in [5.74, 6) is -6.02. The normalized spacial score (nSPS) is 25.9. The van der Waals surface area contributed by atoms with Crippen LogP contribution in [0.1, 0.15) is 13.8 Å². The van der Waals surface area contributed by atoms with Crippen LogP contribution >= 0.6 is 0 Å². The molecule has 0 aromatic rings. The Morgan fingerprint density at radius 3 is 2.26 bits per heavy atom. The van der Waals surface area contributed by atoms with Crippen LogP contribution in [0.4, 0.5) is 17.6 Å². The van der Waals surface area contributed by atoms with Crippen LogP contribution < -0.4 is 0 Å². The van der Waals surface area contributed by atoms with Crippen molar-refractivity contribution in [2.75, 3.05) is 6.61 Å². The molecule has 8 heteroatoms. The lowest BCUT2D eigenvalue weighted by atomic mass is 10.1. The van der Waals surface area contributed by atoms with Crippen molar-refractivity contribution < 1.29 is 37.0 Å². The number of alkyl halides is 3. The van der Waals surface area contributed by atoms with Gasteiger partial charge in [-0.15, -0.1) is 0 Å². The molecule has 0 aliphatic heterocycles. The number of halogens is 4. The number of allylic oxidation sites excluding steroid dienone is 1. The van der Waals surface area contributed by atoms with E-state index in [-0.39, 0.29) is 0 Å². The number of carboxylic acid groups (broad SMARTS) is 1. The average molecular weight is 284 g/mol. The molecule has 1 unspecified atom stereocenters. The van der Waals surface area contributed by atoms with E-state index in [1.807, 2.05) is 0 Å². The molecule has 19 heavy (non-hydrogen) atoms. The van der Waals surface area contributed by atoms with Gasteiger partial charge in [-0.3, -0.25) is 4.79 Å². The number of carboxylic acids is 1. The largest absolute Gasteiger partial charge is 0.481 e. The smallest absolute Gasteiger partial charge is 0.422 e. The first kappa shape index (κ1) is 15.5. The molecule has 0 saturated heterocycles. The van der Waals surface area contributed by atoms with Gasteiger partial charge in [0.1, 0.15) is 0 Å². The number of aliphatic carboxylic acids is 1. The lowest BCUT2D eigenvalue weighted by Gasteiger charge is -2.06. The van der Waals surface area contributed by atoms with Gasteiger partial charge in [-0.25, -0.2) is 4.79 Å². The summed E-state index contributed by atoms with van der Waals surface area (Å²) in [6.07, 6.45) is -4.03. The van der Waals surface area contributed by atoms with Crippen LogP contribution in [0.25, 0.3) is 0 Å². The van der Waals surface area contributed by atoms with Gasteiger partial charge in [0.05, 0.1) is 5.92 Å². The van der Waals surface area contributed by atoms with Gasteiger partial charge in [-0.2, -0.15) is 17.6 Å². The predicted octanol–water partition coefficient (Wildman–Crippen LogP) is 2.30. The topological polar surface area (TPSA) is 63.6 Å². The van der Waals surface area contributed by atoms with Crippen molar-refractivity contribution in [2.24, 2.45) is 17.3 Å². The molecule has 4 nitrogen and oxygen atoms in total. The van der Waals surface area contributed by atoms with Gasteiger partial charge in [0.25, 0.3) is 0 Å². The third-order valence-corrected chi connectivity index (χ3v) is 3.06. The molecular formula is C11H12F4O4. The maximum Gasteiger partial charge on any atom is 0.422 e. The quantitative estimate of drug-likeness (QED) is 0.489. The Hall–Kier alpha value is -1.60. The molecule has 1 rings (SSSR count). The summed E-state index contributed by atoms with van der Waals surface area (Å²) < 4.78 is 52.2. The Bertz CT molecular complexity index is 425. The molecule has 0 radical (unpaired) electrons. The van der Waals surface area contributed by atoms with E-state index in [0.29, 0.717) is 6.08 Å². The molecule has 2 atom stereocenters. The highest BCUT2D eigenvalue weighted by Gasteiger charge is 2.61. The van der Waals surface area contributed by atoms with Gasteiger partial charge in [-0.1, -0.05) is 13.8 Å². The second-order valence-electron chi connectivity index (χ2n) is 4.87. The van der Waals surface area contributed by atoms with Gasteiger partial charge in [-0.05, 0) is 17.4 Å². The minimum atomic E-state index is -4.74. The number of ether oxygens (including phenoxy) is 1. The molecule has 0 aromatic carbocycles. The molecule has 1 saturated carbocycles. The third kappa shape index (κ3) is 3.68. The number of carbonyl (C=O) groups excluding carboxylic acids is 1. The zero-order valence-corrected chi connectivity index (χ0v) is 10.1. The van der Waals surface area contributed by atoms with Gasteiger partial charge in [0.15, 0.2) is 6.61 Å². The Labute approximate surface area is 106 Å². The summed E-state index contributed by atoms with van der Waals surface area (Å²) in [6, 6.07) is 0. The standard InChI is InChI=1S/C11H12F4O4/c1-10(2)5(7(10)8(16)17)3-6(12)9(18)19-4-11(13,14)15/h3,5,7H,4H2,1-2H3,(H,16,17)/b6-3+/t5?,7-/m0/s1. The number of hydrogen-bond donors (Lipinski definition) is 1. The molecule has 1 fully saturated rings. The Morgan fingerprint density at radius 2 is 1.89 bits per heavy atom. The zero-order valence-electron chi connectivity index (χ0n) is 10.1. The van der Waals surface area contributed by atoms with Crippen molar-refractivity contribution in [1.82, 2.24) is 0 Å². The molecule has 1 aliphatic carbocycles. The fraction of sp³-hybridized carbons (Fsp3) is 0.636. The molecule has 0 aromatic heterocycles. The summed E-state index contributed by atoms with van der Waals surface area (Å²) in [7, 11) is 0. The van der Waals surface area contributed by atoms with E-state index < -0.39 is 47.8 Å². The number of rotatable bonds is 4. The second kappa shape index (κ2) is 4.82. The van der Waals surface area contributed by atoms with Crippen molar-refractivity contribution in [3.05, 3.63) is 11.9 Å². The van der Waals surface area contributed by atoms with Crippen LogP contribution in [0.5, 0.6) is 0 Å². The summed E-state index contributed by atoms with van der Waals surface area (Å²) in [4.78, 5) is 21.7. The lowest BCUT2D eigenvalue weighted by molar-refractivity contribution is -0.184. The summed E-state index contributed by atoms with van der Waals surface area (Å²) >= 11 is 0. The summed E-state index contributed by atoms with van der Waals surface area (Å²) in [5, 5.41) is 8.80. The van der Waals surface area contributed by atoms with Crippen molar-refractivity contribution in [3.63, 3.8) is 0 Å². The SMILES string of the molecule is CC1(C)C(/C=C(/F)C(=O)OCC(F)(F)F)[C@H]1C(=O)O. The van der Waals surface area contributed by atoms with E-state index in [4.69, 9.17) is 5.11 Å². The molecule has 0 amide bonds. The monoisotopic (exact) mass is 284 g/mol. The molecule has 1 N–H and O–H groups in total. The van der Waals surface area contributed by atoms with Gasteiger partial charge < -0.3 is 9.84 Å². The van der Waals surface area contributed by atoms with Gasteiger partial charge in [0, 0.05) is 0 Å². The first-order valence-corrected chi connectivity index (χ1v) is 5.31. The van der Waals surface area contributed by atoms with Crippen molar-refractivity contribution in [2.45, 2.75) is 20.0 Å². The molecule has 0 bridgehead atoms. The number of carbonyl (C=O) groups is 2. The highest BCUT2D eigenvalue weighted by molar-refractivity contribution is 5.86. The molecule has 1 aliphatic rings. The fourth-order valence-corrected chi connectivity index (χ4v) is 1.90. The van der Waals surface area contributed by atoms with Crippen molar-refractivity contribution >= 4 is 11.9 Å². The lowest BCUT2D eigenvalue weighted by Crippen LogP contribution is -2.20. The summed E-state index contributed by atoms with van der Waals surface area (Å²) in [6.45, 7) is 1.23. The van der Waals surface area contributed by atoms with Crippen LogP contribution in [-0.2, 0) is 14.3 Å². The molecule has 108 valence electrons. The molecule has 0 spiro atoms. The maximum absolute atomic E-state index is 13.3. The Balaban J connectivity index is 2.64. The molecular weight excluding hydrogens is 272 g/mol. The van der Waals surface area contributed by atoms with E-state index >= 15 is 0 Å². The fourth-order valence-electron chi connectivity index (χ4n) is 1.90. The van der Waals surface area contributed by atoms with Crippen LogP contribution in [-0.4, -0.2) is 29.8 Å². The van der Waals surface area contributed by atoms with Crippen LogP contribution in [0.15, 0.2) is 11.9 Å². The maximum atomic E-state index is 13.3. The minimum Gasteiger partial charge on any atom is -0.481 e. The number of hydrogen-bond acceptors (Lipinski definition) is 3. The highest BCUT2D eigenvalue weighted by Crippen LogP contribution is 2.59. The first-order chi connectivity index (χ1) is 8.47. The van der Waals surface area contributed by atoms with Crippen LogP contribution in [0.2, 0.25) is 0 Å². The second-order valence-corrected chi connectivity index (χ2v) is 4.87. The van der Waals surface area contributed by atoms with E-state index in [2.05, 4.69) is 4.74 Å². The highest BCUT2D eigenvalue weighted by atomic mass is 19.4. The van der Waals surface area contributed by atoms with E-state index in [9.17, 15) is 27.2 Å². The summed E-state index contributed by atoms with van der Waals surface area (Å²) in [5.41, 5.74) is -0.743.